The molecule has 0 aliphatic carbocycles. The number of nitrogens with one attached hydrogen (secondary N) is 2. The number of sulfonamides is 1. The fourth-order valence-electron chi connectivity index (χ4n) is 2.16. The number of methoxy groups -OCH3 is 1. The standard InChI is InChI=1S/C16H14ClF3N2O4S/c1-21-27(24,25)14-7-9(3-6-13(14)26-2)15(23)22-10-4-5-12(17)11(8-10)16(18,19)20/h3-8,21H,1-2H3,(H,22,23). The van der Waals surface area contributed by atoms with Gasteiger partial charge >= 0.3 is 6.18 Å². The van der Waals surface area contributed by atoms with Gasteiger partial charge < -0.3 is 10.1 Å². The summed E-state index contributed by atoms with van der Waals surface area (Å²) in [6.07, 6.45) is -4.69. The van der Waals surface area contributed by atoms with E-state index in [-0.39, 0.29) is 21.9 Å². The zero-order valence-corrected chi connectivity index (χ0v) is 15.6. The van der Waals surface area contributed by atoms with Gasteiger partial charge in [0.05, 0.1) is 17.7 Å². The fraction of sp³-hybridized carbons (Fsp3) is 0.188. The summed E-state index contributed by atoms with van der Waals surface area (Å²) in [7, 11) is -1.47. The molecule has 0 aromatic heterocycles. The Bertz CT molecular complexity index is 978. The molecule has 0 fully saturated rings. The molecule has 6 nitrogen and oxygen atoms in total. The Labute approximate surface area is 158 Å². The van der Waals surface area contributed by atoms with Crippen LogP contribution in [0.25, 0.3) is 0 Å². The summed E-state index contributed by atoms with van der Waals surface area (Å²) in [6.45, 7) is 0. The number of halogens is 4. The van der Waals surface area contributed by atoms with Gasteiger partial charge in [0, 0.05) is 11.3 Å². The highest BCUT2D eigenvalue weighted by Crippen LogP contribution is 2.36. The Morgan fingerprint density at radius 1 is 1.15 bits per heavy atom. The number of anilines is 1. The van der Waals surface area contributed by atoms with Crippen molar-refractivity contribution in [1.82, 2.24) is 4.72 Å². The van der Waals surface area contributed by atoms with Gasteiger partial charge in [-0.2, -0.15) is 13.2 Å². The van der Waals surface area contributed by atoms with Gasteiger partial charge in [-0.15, -0.1) is 0 Å². The highest BCUT2D eigenvalue weighted by atomic mass is 35.5. The molecule has 1 amide bonds. The van der Waals surface area contributed by atoms with Crippen LogP contribution in [-0.4, -0.2) is 28.5 Å². The largest absolute Gasteiger partial charge is 0.495 e. The third-order valence-corrected chi connectivity index (χ3v) is 5.28. The van der Waals surface area contributed by atoms with E-state index in [0.717, 1.165) is 12.1 Å². The smallest absolute Gasteiger partial charge is 0.417 e. The molecule has 0 aliphatic heterocycles. The van der Waals surface area contributed by atoms with Crippen LogP contribution in [0.15, 0.2) is 41.3 Å². The second kappa shape index (κ2) is 7.75. The molecule has 2 aromatic carbocycles. The molecule has 11 heteroatoms. The zero-order chi connectivity index (χ0) is 20.4. The van der Waals surface area contributed by atoms with Gasteiger partial charge in [0.2, 0.25) is 10.0 Å². The summed E-state index contributed by atoms with van der Waals surface area (Å²) in [5, 5.41) is 1.77. The summed E-state index contributed by atoms with van der Waals surface area (Å²) in [6, 6.07) is 6.50. The predicted molar refractivity (Wildman–Crippen MR) is 93.6 cm³/mol. The Morgan fingerprint density at radius 3 is 2.37 bits per heavy atom. The molecule has 0 aliphatic rings. The normalized spacial score (nSPS) is 11.9. The van der Waals surface area contributed by atoms with Gasteiger partial charge in [0.25, 0.3) is 5.91 Å². The minimum atomic E-state index is -4.69. The molecule has 2 aromatic rings. The van der Waals surface area contributed by atoms with Crippen molar-refractivity contribution in [3.63, 3.8) is 0 Å². The van der Waals surface area contributed by atoms with Crippen molar-refractivity contribution < 1.29 is 31.1 Å². The topological polar surface area (TPSA) is 84.5 Å². The number of carbonyl (C=O) groups excluding carboxylic acids is 1. The van der Waals surface area contributed by atoms with E-state index in [1.807, 2.05) is 0 Å². The molecule has 0 saturated carbocycles. The van der Waals surface area contributed by atoms with E-state index in [0.29, 0.717) is 6.07 Å². The second-order valence-corrected chi connectivity index (χ2v) is 7.48. The maximum atomic E-state index is 12.9. The number of amides is 1. The van der Waals surface area contributed by atoms with Gasteiger partial charge in [-0.1, -0.05) is 11.6 Å². The Kier molecular flexibility index (Phi) is 6.03. The van der Waals surface area contributed by atoms with E-state index in [9.17, 15) is 26.4 Å². The molecule has 0 heterocycles. The van der Waals surface area contributed by atoms with Crippen LogP contribution in [0.3, 0.4) is 0 Å². The number of alkyl halides is 3. The van der Waals surface area contributed by atoms with Crippen LogP contribution in [0.4, 0.5) is 18.9 Å². The quantitative estimate of drug-likeness (QED) is 0.772. The molecule has 0 unspecified atom stereocenters. The number of benzene rings is 2. The summed E-state index contributed by atoms with van der Waals surface area (Å²) in [4.78, 5) is 12.1. The average Bonchev–Trinajstić information content (AvgIpc) is 2.61. The highest BCUT2D eigenvalue weighted by molar-refractivity contribution is 7.89. The minimum Gasteiger partial charge on any atom is -0.495 e. The Morgan fingerprint density at radius 2 is 1.81 bits per heavy atom. The summed E-state index contributed by atoms with van der Waals surface area (Å²) in [5.74, 6) is -0.799. The van der Waals surface area contributed by atoms with Crippen molar-refractivity contribution in [3.05, 3.63) is 52.5 Å². The van der Waals surface area contributed by atoms with Gasteiger partial charge in [-0.05, 0) is 43.4 Å². The highest BCUT2D eigenvalue weighted by Gasteiger charge is 2.33. The summed E-state index contributed by atoms with van der Waals surface area (Å²) < 4.78 is 69.9. The van der Waals surface area contributed by atoms with Crippen LogP contribution in [0, 0.1) is 0 Å². The Hall–Kier alpha value is -2.30. The summed E-state index contributed by atoms with van der Waals surface area (Å²) >= 11 is 5.53. The van der Waals surface area contributed by atoms with E-state index in [4.69, 9.17) is 16.3 Å². The lowest BCUT2D eigenvalue weighted by atomic mass is 10.1. The first-order valence-electron chi connectivity index (χ1n) is 7.29. The first kappa shape index (κ1) is 21.0. The van der Waals surface area contributed by atoms with Crippen molar-refractivity contribution in [2.24, 2.45) is 0 Å². The van der Waals surface area contributed by atoms with E-state index in [2.05, 4.69) is 10.0 Å². The maximum Gasteiger partial charge on any atom is 0.417 e. The van der Waals surface area contributed by atoms with Crippen molar-refractivity contribution in [1.29, 1.82) is 0 Å². The molecule has 27 heavy (non-hydrogen) atoms. The van der Waals surface area contributed by atoms with Crippen molar-refractivity contribution in [3.8, 4) is 5.75 Å². The molecule has 0 radical (unpaired) electrons. The van der Waals surface area contributed by atoms with E-state index in [1.165, 1.54) is 32.4 Å². The molecule has 0 bridgehead atoms. The summed E-state index contributed by atoms with van der Waals surface area (Å²) in [5.41, 5.74) is -1.34. The van der Waals surface area contributed by atoms with Crippen molar-refractivity contribution in [2.75, 3.05) is 19.5 Å². The zero-order valence-electron chi connectivity index (χ0n) is 14.0. The second-order valence-electron chi connectivity index (χ2n) is 5.22. The van der Waals surface area contributed by atoms with Crippen LogP contribution in [0.2, 0.25) is 5.02 Å². The van der Waals surface area contributed by atoms with Crippen molar-refractivity contribution >= 4 is 33.2 Å². The lowest BCUT2D eigenvalue weighted by Gasteiger charge is -2.13. The molecular formula is C16H14ClF3N2O4S. The number of rotatable bonds is 5. The Balaban J connectivity index is 2.39. The van der Waals surface area contributed by atoms with E-state index >= 15 is 0 Å². The van der Waals surface area contributed by atoms with Crippen LogP contribution in [-0.2, 0) is 16.2 Å². The minimum absolute atomic E-state index is 0.00625. The van der Waals surface area contributed by atoms with Crippen LogP contribution >= 0.6 is 11.6 Å². The van der Waals surface area contributed by atoms with Gasteiger partial charge in [-0.25, -0.2) is 13.1 Å². The van der Waals surface area contributed by atoms with E-state index in [1.54, 1.807) is 0 Å². The van der Waals surface area contributed by atoms with Crippen LogP contribution in [0.1, 0.15) is 15.9 Å². The molecule has 146 valence electrons. The fourth-order valence-corrected chi connectivity index (χ4v) is 3.30. The first-order chi connectivity index (χ1) is 12.5. The molecular weight excluding hydrogens is 409 g/mol. The van der Waals surface area contributed by atoms with Crippen LogP contribution in [0.5, 0.6) is 5.75 Å². The number of hydrogen-bond donors (Lipinski definition) is 2. The number of ether oxygens (including phenoxy) is 1. The van der Waals surface area contributed by atoms with E-state index < -0.39 is 32.7 Å². The van der Waals surface area contributed by atoms with Gasteiger partial charge in [-0.3, -0.25) is 4.79 Å². The van der Waals surface area contributed by atoms with Crippen molar-refractivity contribution in [2.45, 2.75) is 11.1 Å². The van der Waals surface area contributed by atoms with Gasteiger partial charge in [0.1, 0.15) is 10.6 Å². The number of hydrogen-bond acceptors (Lipinski definition) is 4. The monoisotopic (exact) mass is 422 g/mol. The maximum absolute atomic E-state index is 12.9. The molecule has 0 spiro atoms. The molecule has 0 atom stereocenters. The molecule has 0 saturated heterocycles. The lowest BCUT2D eigenvalue weighted by molar-refractivity contribution is -0.137. The molecule has 2 rings (SSSR count). The third-order valence-electron chi connectivity index (χ3n) is 3.51. The average molecular weight is 423 g/mol. The first-order valence-corrected chi connectivity index (χ1v) is 9.15. The molecule has 2 N–H and O–H groups in total. The lowest BCUT2D eigenvalue weighted by Crippen LogP contribution is -2.20. The predicted octanol–water partition coefficient (Wildman–Crippen LogP) is 3.53. The third kappa shape index (κ3) is 4.71. The number of carbonyl (C=O) groups is 1. The SMILES string of the molecule is CNS(=O)(=O)c1cc(C(=O)Nc2ccc(Cl)c(C(F)(F)F)c2)ccc1OC. The van der Waals surface area contributed by atoms with Crippen LogP contribution < -0.4 is 14.8 Å². The van der Waals surface area contributed by atoms with Gasteiger partial charge in [0.15, 0.2) is 0 Å².